The first-order valence-corrected chi connectivity index (χ1v) is 8.97. The van der Waals surface area contributed by atoms with Crippen molar-refractivity contribution in [3.8, 4) is 17.2 Å². The Morgan fingerprint density at radius 2 is 1.62 bits per heavy atom. The van der Waals surface area contributed by atoms with Gasteiger partial charge in [0.1, 0.15) is 11.3 Å². The summed E-state index contributed by atoms with van der Waals surface area (Å²) in [7, 11) is 4.36. The summed E-state index contributed by atoms with van der Waals surface area (Å²) in [5.41, 5.74) is 1.93. The Labute approximate surface area is 168 Å². The number of carbonyl (C=O) groups excluding carboxylic acids is 2. The highest BCUT2D eigenvalue weighted by molar-refractivity contribution is 6.02. The molecule has 1 aliphatic heterocycles. The number of esters is 1. The van der Waals surface area contributed by atoms with Gasteiger partial charge in [-0.25, -0.2) is 9.80 Å². The van der Waals surface area contributed by atoms with Gasteiger partial charge in [0.2, 0.25) is 0 Å². The molecular weight excluding hydrogens is 376 g/mol. The van der Waals surface area contributed by atoms with Gasteiger partial charge >= 0.3 is 5.97 Å². The van der Waals surface area contributed by atoms with E-state index in [9.17, 15) is 9.59 Å². The number of hydrazone groups is 1. The van der Waals surface area contributed by atoms with Crippen molar-refractivity contribution in [2.24, 2.45) is 5.10 Å². The van der Waals surface area contributed by atoms with Crippen LogP contribution in [0.2, 0.25) is 0 Å². The van der Waals surface area contributed by atoms with Crippen LogP contribution in [0.1, 0.15) is 22.3 Å². The maximum atomic E-state index is 12.5. The average molecular weight is 398 g/mol. The fourth-order valence-corrected chi connectivity index (χ4v) is 2.94. The maximum absolute atomic E-state index is 12.5. The van der Waals surface area contributed by atoms with Gasteiger partial charge in [-0.05, 0) is 5.56 Å². The van der Waals surface area contributed by atoms with Crippen LogP contribution in [-0.4, -0.2) is 57.1 Å². The molecule has 8 nitrogen and oxygen atoms in total. The van der Waals surface area contributed by atoms with E-state index in [0.29, 0.717) is 24.5 Å². The number of methoxy groups -OCH3 is 3. The van der Waals surface area contributed by atoms with Crippen LogP contribution in [-0.2, 0) is 9.53 Å². The molecule has 152 valence electrons. The molecule has 0 atom stereocenters. The number of nitrogens with zero attached hydrogens (tertiary/aromatic N) is 2. The molecule has 2 aromatic carbocycles. The first kappa shape index (κ1) is 20.2. The number of carbonyl (C=O) groups is 2. The number of hydrogen-bond donors (Lipinski definition) is 0. The molecule has 0 bridgehead atoms. The minimum absolute atomic E-state index is 0.132. The van der Waals surface area contributed by atoms with Gasteiger partial charge in [0.25, 0.3) is 5.91 Å². The fraction of sp³-hybridized carbons (Fsp3) is 0.286. The zero-order chi connectivity index (χ0) is 20.8. The average Bonchev–Trinajstić information content (AvgIpc) is 3.27. The van der Waals surface area contributed by atoms with Gasteiger partial charge in [-0.3, -0.25) is 4.79 Å². The lowest BCUT2D eigenvalue weighted by molar-refractivity contribution is -0.134. The highest BCUT2D eigenvalue weighted by Crippen LogP contribution is 2.34. The van der Waals surface area contributed by atoms with Crippen molar-refractivity contribution in [3.05, 3.63) is 53.6 Å². The summed E-state index contributed by atoms with van der Waals surface area (Å²) >= 11 is 0. The Balaban J connectivity index is 1.66. The molecule has 1 aliphatic rings. The van der Waals surface area contributed by atoms with E-state index in [1.54, 1.807) is 0 Å². The molecule has 0 fully saturated rings. The predicted molar refractivity (Wildman–Crippen MR) is 106 cm³/mol. The van der Waals surface area contributed by atoms with Gasteiger partial charge in [0.15, 0.2) is 18.1 Å². The number of hydrogen-bond acceptors (Lipinski definition) is 7. The van der Waals surface area contributed by atoms with E-state index in [-0.39, 0.29) is 11.3 Å². The summed E-state index contributed by atoms with van der Waals surface area (Å²) in [6, 6.07) is 12.6. The minimum Gasteiger partial charge on any atom is -0.496 e. The first-order chi connectivity index (χ1) is 14.1. The Morgan fingerprint density at radius 3 is 2.28 bits per heavy atom. The van der Waals surface area contributed by atoms with Gasteiger partial charge in [0, 0.05) is 18.6 Å². The van der Waals surface area contributed by atoms with Gasteiger partial charge in [-0.15, -0.1) is 0 Å². The highest BCUT2D eigenvalue weighted by Gasteiger charge is 2.24. The second-order valence-corrected chi connectivity index (χ2v) is 6.16. The van der Waals surface area contributed by atoms with Crippen LogP contribution in [0.3, 0.4) is 0 Å². The summed E-state index contributed by atoms with van der Waals surface area (Å²) in [6.45, 7) is 0.0161. The summed E-state index contributed by atoms with van der Waals surface area (Å²) in [6.07, 6.45) is 0.646. The lowest BCUT2D eigenvalue weighted by atomic mass is 10.1. The van der Waals surface area contributed by atoms with E-state index in [2.05, 4.69) is 5.10 Å². The lowest BCUT2D eigenvalue weighted by Gasteiger charge is -2.14. The molecule has 0 spiro atoms. The van der Waals surface area contributed by atoms with Crippen molar-refractivity contribution >= 4 is 17.6 Å². The molecule has 0 saturated carbocycles. The maximum Gasteiger partial charge on any atom is 0.342 e. The Morgan fingerprint density at radius 1 is 0.966 bits per heavy atom. The largest absolute Gasteiger partial charge is 0.496 e. The van der Waals surface area contributed by atoms with Crippen LogP contribution >= 0.6 is 0 Å². The second kappa shape index (κ2) is 9.09. The Bertz CT molecular complexity index is 926. The molecule has 3 rings (SSSR count). The number of rotatable bonds is 7. The molecule has 29 heavy (non-hydrogen) atoms. The van der Waals surface area contributed by atoms with E-state index in [1.807, 2.05) is 30.3 Å². The van der Waals surface area contributed by atoms with Gasteiger partial charge < -0.3 is 18.9 Å². The highest BCUT2D eigenvalue weighted by atomic mass is 16.5. The molecule has 1 amide bonds. The van der Waals surface area contributed by atoms with Crippen LogP contribution in [0.5, 0.6) is 17.2 Å². The molecular formula is C21H22N2O6. The van der Waals surface area contributed by atoms with E-state index in [1.165, 1.54) is 38.5 Å². The van der Waals surface area contributed by atoms with Crippen molar-refractivity contribution in [2.75, 3.05) is 34.5 Å². The van der Waals surface area contributed by atoms with Crippen molar-refractivity contribution in [2.45, 2.75) is 6.42 Å². The first-order valence-electron chi connectivity index (χ1n) is 8.97. The van der Waals surface area contributed by atoms with E-state index >= 15 is 0 Å². The summed E-state index contributed by atoms with van der Waals surface area (Å²) in [4.78, 5) is 24.9. The van der Waals surface area contributed by atoms with Crippen LogP contribution in [0.15, 0.2) is 47.6 Å². The molecule has 0 unspecified atom stereocenters. The summed E-state index contributed by atoms with van der Waals surface area (Å²) in [5.74, 6) is -0.0861. The molecule has 0 aliphatic carbocycles. The van der Waals surface area contributed by atoms with E-state index in [0.717, 1.165) is 11.3 Å². The zero-order valence-electron chi connectivity index (χ0n) is 16.5. The van der Waals surface area contributed by atoms with Crippen LogP contribution in [0.25, 0.3) is 0 Å². The van der Waals surface area contributed by atoms with Gasteiger partial charge in [-0.2, -0.15) is 5.10 Å². The number of amides is 1. The lowest BCUT2D eigenvalue weighted by Crippen LogP contribution is -2.28. The fourth-order valence-electron chi connectivity index (χ4n) is 2.94. The Hall–Kier alpha value is -3.55. The molecule has 1 heterocycles. The minimum atomic E-state index is -0.706. The molecule has 2 aromatic rings. The molecule has 8 heteroatoms. The Kier molecular flexibility index (Phi) is 6.33. The van der Waals surface area contributed by atoms with Gasteiger partial charge in [-0.1, -0.05) is 30.3 Å². The topological polar surface area (TPSA) is 86.7 Å². The third kappa shape index (κ3) is 4.48. The third-order valence-electron chi connectivity index (χ3n) is 4.45. The van der Waals surface area contributed by atoms with Crippen molar-refractivity contribution in [3.63, 3.8) is 0 Å². The number of ether oxygens (including phenoxy) is 4. The molecule has 0 N–H and O–H groups in total. The predicted octanol–water partition coefficient (Wildman–Crippen LogP) is 2.51. The van der Waals surface area contributed by atoms with Gasteiger partial charge in [0.05, 0.1) is 33.6 Å². The molecule has 0 radical (unpaired) electrons. The van der Waals surface area contributed by atoms with Crippen molar-refractivity contribution in [1.82, 2.24) is 5.01 Å². The van der Waals surface area contributed by atoms with Crippen molar-refractivity contribution in [1.29, 1.82) is 0 Å². The smallest absolute Gasteiger partial charge is 0.342 e. The monoisotopic (exact) mass is 398 g/mol. The molecule has 0 saturated heterocycles. The van der Waals surface area contributed by atoms with Crippen LogP contribution in [0, 0.1) is 0 Å². The van der Waals surface area contributed by atoms with E-state index in [4.69, 9.17) is 18.9 Å². The molecule has 0 aromatic heterocycles. The van der Waals surface area contributed by atoms with Crippen molar-refractivity contribution < 1.29 is 28.5 Å². The van der Waals surface area contributed by atoms with Crippen LogP contribution < -0.4 is 14.2 Å². The normalized spacial score (nSPS) is 12.9. The summed E-state index contributed by atoms with van der Waals surface area (Å²) in [5, 5.41) is 5.66. The van der Waals surface area contributed by atoms with E-state index < -0.39 is 18.5 Å². The standard InChI is InChI=1S/C21H22N2O6/c1-26-17-12-19(28-3)18(27-2)11-15(17)21(25)29-13-20(24)23-10-9-16(22-23)14-7-5-4-6-8-14/h4-8,11-12H,9-10,13H2,1-3H3. The third-order valence-corrected chi connectivity index (χ3v) is 4.45. The SMILES string of the molecule is COc1cc(OC)c(C(=O)OCC(=O)N2CCC(c3ccccc3)=N2)cc1OC. The zero-order valence-corrected chi connectivity index (χ0v) is 16.5. The second-order valence-electron chi connectivity index (χ2n) is 6.16. The quantitative estimate of drug-likeness (QED) is 0.666. The summed E-state index contributed by atoms with van der Waals surface area (Å²) < 4.78 is 20.8. The number of benzene rings is 2. The van der Waals surface area contributed by atoms with Crippen LogP contribution in [0.4, 0.5) is 0 Å².